The van der Waals surface area contributed by atoms with E-state index in [9.17, 15) is 14.4 Å². The Balaban J connectivity index is 1.47. The third-order valence-corrected chi connectivity index (χ3v) is 7.79. The number of carbonyl (C=O) groups excluding carboxylic acids is 3. The molecular formula is C28H23Cl2IN2O6S. The van der Waals surface area contributed by atoms with Crippen LogP contribution >= 0.6 is 57.6 Å². The Bertz CT molecular complexity index is 1480. The van der Waals surface area contributed by atoms with Crippen LogP contribution in [0.25, 0.3) is 6.08 Å². The van der Waals surface area contributed by atoms with Crippen molar-refractivity contribution >= 4 is 86.4 Å². The summed E-state index contributed by atoms with van der Waals surface area (Å²) in [5, 5.41) is 3.06. The molecule has 1 fully saturated rings. The Kier molecular flexibility index (Phi) is 10.2. The fraction of sp³-hybridized carbons (Fsp3) is 0.179. The van der Waals surface area contributed by atoms with Gasteiger partial charge in [-0.05, 0) is 101 Å². The van der Waals surface area contributed by atoms with Gasteiger partial charge >= 0.3 is 0 Å². The second-order valence-corrected chi connectivity index (χ2v) is 11.3. The molecule has 1 aliphatic heterocycles. The van der Waals surface area contributed by atoms with Crippen LogP contribution in [-0.2, 0) is 16.2 Å². The molecule has 0 aliphatic carbocycles. The van der Waals surface area contributed by atoms with Crippen molar-refractivity contribution in [2.24, 2.45) is 0 Å². The number of imide groups is 1. The molecule has 0 bridgehead atoms. The lowest BCUT2D eigenvalue weighted by atomic mass is 10.1. The van der Waals surface area contributed by atoms with Crippen LogP contribution < -0.4 is 19.5 Å². The number of nitrogens with one attached hydrogen (secondary N) is 1. The third kappa shape index (κ3) is 7.42. The first-order valence-electron chi connectivity index (χ1n) is 11.9. The zero-order valence-corrected chi connectivity index (χ0v) is 25.8. The van der Waals surface area contributed by atoms with Gasteiger partial charge in [-0.15, -0.1) is 0 Å². The molecule has 1 heterocycles. The Hall–Kier alpha value is -2.93. The highest BCUT2D eigenvalue weighted by Gasteiger charge is 2.36. The van der Waals surface area contributed by atoms with Crippen LogP contribution in [0.1, 0.15) is 18.1 Å². The summed E-state index contributed by atoms with van der Waals surface area (Å²) >= 11 is 15.0. The molecule has 0 spiro atoms. The van der Waals surface area contributed by atoms with Gasteiger partial charge in [-0.2, -0.15) is 0 Å². The number of hydrogen-bond donors (Lipinski definition) is 1. The van der Waals surface area contributed by atoms with E-state index in [0.29, 0.717) is 51.8 Å². The molecule has 4 rings (SSSR count). The summed E-state index contributed by atoms with van der Waals surface area (Å²) in [7, 11) is 1.48. The Morgan fingerprint density at radius 1 is 1.05 bits per heavy atom. The summed E-state index contributed by atoms with van der Waals surface area (Å²) in [6.07, 6.45) is 1.60. The second-order valence-electron chi connectivity index (χ2n) is 8.34. The van der Waals surface area contributed by atoms with E-state index in [1.54, 1.807) is 36.4 Å². The molecule has 8 nitrogen and oxygen atoms in total. The maximum atomic E-state index is 13.0. The number of halogens is 3. The lowest BCUT2D eigenvalue weighted by Crippen LogP contribution is -2.36. The van der Waals surface area contributed by atoms with Crippen molar-refractivity contribution in [1.29, 1.82) is 0 Å². The number of nitrogens with zero attached hydrogens (tertiary/aromatic N) is 1. The summed E-state index contributed by atoms with van der Waals surface area (Å²) in [4.78, 5) is 39.3. The number of carbonyl (C=O) groups is 3. The number of rotatable bonds is 10. The van der Waals surface area contributed by atoms with Crippen molar-refractivity contribution in [3.05, 3.63) is 84.2 Å². The SMILES string of the molecule is CCOc1cc(/C=C2/SC(=O)N(CC(=O)Nc3ccc(OC)c(Cl)c3)C2=O)cc(I)c1OCc1ccc(Cl)cc1. The monoisotopic (exact) mass is 712 g/mol. The predicted octanol–water partition coefficient (Wildman–Crippen LogP) is 7.26. The average Bonchev–Trinajstić information content (AvgIpc) is 3.16. The van der Waals surface area contributed by atoms with Gasteiger partial charge in [-0.3, -0.25) is 19.3 Å². The minimum absolute atomic E-state index is 0.193. The number of amides is 3. The van der Waals surface area contributed by atoms with Gasteiger partial charge in [0.15, 0.2) is 11.5 Å². The first-order chi connectivity index (χ1) is 19.2. The van der Waals surface area contributed by atoms with E-state index < -0.39 is 23.6 Å². The predicted molar refractivity (Wildman–Crippen MR) is 165 cm³/mol. The standard InChI is InChI=1S/C28H23Cl2IN2O6S/c1-3-38-23-11-17(10-21(31)26(23)39-15-16-4-6-18(29)7-5-16)12-24-27(35)33(28(36)40-24)14-25(34)32-19-8-9-22(37-2)20(30)13-19/h4-13H,3,14-15H2,1-2H3,(H,32,34)/b24-12+. The largest absolute Gasteiger partial charge is 0.495 e. The van der Waals surface area contributed by atoms with E-state index in [1.807, 2.05) is 25.1 Å². The smallest absolute Gasteiger partial charge is 0.294 e. The van der Waals surface area contributed by atoms with E-state index in [-0.39, 0.29) is 4.91 Å². The van der Waals surface area contributed by atoms with Gasteiger partial charge in [0, 0.05) is 10.7 Å². The molecule has 3 amide bonds. The van der Waals surface area contributed by atoms with Crippen molar-refractivity contribution in [2.45, 2.75) is 13.5 Å². The van der Waals surface area contributed by atoms with Crippen LogP contribution in [0.3, 0.4) is 0 Å². The Morgan fingerprint density at radius 3 is 2.48 bits per heavy atom. The van der Waals surface area contributed by atoms with E-state index in [4.69, 9.17) is 37.4 Å². The van der Waals surface area contributed by atoms with Crippen molar-refractivity contribution in [3.8, 4) is 17.2 Å². The highest BCUT2D eigenvalue weighted by molar-refractivity contribution is 14.1. The van der Waals surface area contributed by atoms with Crippen molar-refractivity contribution < 1.29 is 28.6 Å². The van der Waals surface area contributed by atoms with E-state index >= 15 is 0 Å². The number of benzene rings is 3. The van der Waals surface area contributed by atoms with Gasteiger partial charge in [-0.25, -0.2) is 0 Å². The van der Waals surface area contributed by atoms with Gasteiger partial charge in [0.25, 0.3) is 11.1 Å². The molecule has 0 unspecified atom stereocenters. The van der Waals surface area contributed by atoms with Gasteiger partial charge in [0.05, 0.1) is 27.2 Å². The van der Waals surface area contributed by atoms with Crippen LogP contribution in [-0.4, -0.2) is 42.2 Å². The zero-order chi connectivity index (χ0) is 28.8. The Labute approximate surface area is 259 Å². The first-order valence-corrected chi connectivity index (χ1v) is 14.6. The van der Waals surface area contributed by atoms with E-state index in [0.717, 1.165) is 25.8 Å². The molecule has 40 heavy (non-hydrogen) atoms. The van der Waals surface area contributed by atoms with Crippen LogP contribution in [0.2, 0.25) is 10.0 Å². The molecule has 0 atom stereocenters. The molecule has 0 saturated carbocycles. The summed E-state index contributed by atoms with van der Waals surface area (Å²) in [6, 6.07) is 15.7. The normalized spacial score (nSPS) is 14.0. The van der Waals surface area contributed by atoms with Gasteiger partial charge < -0.3 is 19.5 Å². The summed E-state index contributed by atoms with van der Waals surface area (Å²) in [6.45, 7) is 2.14. The van der Waals surface area contributed by atoms with Crippen LogP contribution in [0.15, 0.2) is 59.5 Å². The fourth-order valence-corrected chi connectivity index (χ4v) is 5.69. The lowest BCUT2D eigenvalue weighted by Gasteiger charge is -2.15. The molecule has 1 aliphatic rings. The van der Waals surface area contributed by atoms with E-state index in [1.165, 1.54) is 13.2 Å². The van der Waals surface area contributed by atoms with Crippen LogP contribution in [0.5, 0.6) is 17.2 Å². The lowest BCUT2D eigenvalue weighted by molar-refractivity contribution is -0.127. The summed E-state index contributed by atoms with van der Waals surface area (Å²) in [5.74, 6) is 0.428. The number of hydrogen-bond acceptors (Lipinski definition) is 7. The second kappa shape index (κ2) is 13.6. The highest BCUT2D eigenvalue weighted by atomic mass is 127. The molecular weight excluding hydrogens is 690 g/mol. The topological polar surface area (TPSA) is 94.2 Å². The molecule has 12 heteroatoms. The highest BCUT2D eigenvalue weighted by Crippen LogP contribution is 2.38. The van der Waals surface area contributed by atoms with Crippen LogP contribution in [0, 0.1) is 3.57 Å². The van der Waals surface area contributed by atoms with Crippen molar-refractivity contribution in [3.63, 3.8) is 0 Å². The minimum atomic E-state index is -0.561. The van der Waals surface area contributed by atoms with Gasteiger partial charge in [-0.1, -0.05) is 35.3 Å². The van der Waals surface area contributed by atoms with Crippen molar-refractivity contribution in [2.75, 3.05) is 25.6 Å². The fourth-order valence-electron chi connectivity index (χ4n) is 3.69. The quantitative estimate of drug-likeness (QED) is 0.175. The van der Waals surface area contributed by atoms with E-state index in [2.05, 4.69) is 27.9 Å². The molecule has 1 saturated heterocycles. The number of ether oxygens (including phenoxy) is 3. The first kappa shape index (κ1) is 30.0. The number of methoxy groups -OCH3 is 1. The zero-order valence-electron chi connectivity index (χ0n) is 21.3. The maximum Gasteiger partial charge on any atom is 0.294 e. The molecule has 1 N–H and O–H groups in total. The number of anilines is 1. The van der Waals surface area contributed by atoms with Gasteiger partial charge in [0.1, 0.15) is 18.9 Å². The third-order valence-electron chi connectivity index (χ3n) is 5.54. The molecule has 0 radical (unpaired) electrons. The molecule has 0 aromatic heterocycles. The van der Waals surface area contributed by atoms with Crippen LogP contribution in [0.4, 0.5) is 10.5 Å². The average molecular weight is 713 g/mol. The summed E-state index contributed by atoms with van der Waals surface area (Å²) < 4.78 is 17.7. The van der Waals surface area contributed by atoms with Gasteiger partial charge in [0.2, 0.25) is 5.91 Å². The Morgan fingerprint density at radius 2 is 1.80 bits per heavy atom. The summed E-state index contributed by atoms with van der Waals surface area (Å²) in [5.41, 5.74) is 2.00. The maximum absolute atomic E-state index is 13.0. The minimum Gasteiger partial charge on any atom is -0.495 e. The number of thioether (sulfide) groups is 1. The molecule has 3 aromatic carbocycles. The molecule has 208 valence electrons. The van der Waals surface area contributed by atoms with Crippen molar-refractivity contribution in [1.82, 2.24) is 4.90 Å². The molecule has 3 aromatic rings.